The standard InChI is InChI=1S/C17H22ClN3O2/c1-12-5-8-23-9-7-21(12)17(22)19-6-4-13-11-20-16-10-14(18)2-3-15(13)16/h2-3,10-12,20H,4-9H2,1H3,(H,19,22)/t12-/m1/s1. The minimum Gasteiger partial charge on any atom is -0.380 e. The van der Waals surface area contributed by atoms with E-state index in [9.17, 15) is 4.79 Å². The zero-order chi connectivity index (χ0) is 16.2. The number of ether oxygens (including phenoxy) is 1. The van der Waals surface area contributed by atoms with Crippen LogP contribution in [0.15, 0.2) is 24.4 Å². The first kappa shape index (κ1) is 16.1. The molecular weight excluding hydrogens is 314 g/mol. The molecule has 1 aliphatic heterocycles. The fourth-order valence-electron chi connectivity index (χ4n) is 2.97. The van der Waals surface area contributed by atoms with Crippen molar-refractivity contribution in [3.63, 3.8) is 0 Å². The highest BCUT2D eigenvalue weighted by Gasteiger charge is 2.21. The van der Waals surface area contributed by atoms with E-state index in [4.69, 9.17) is 16.3 Å². The maximum atomic E-state index is 12.3. The quantitative estimate of drug-likeness (QED) is 0.905. The number of amides is 2. The smallest absolute Gasteiger partial charge is 0.317 e. The van der Waals surface area contributed by atoms with Gasteiger partial charge in [-0.3, -0.25) is 0 Å². The topological polar surface area (TPSA) is 57.4 Å². The molecule has 0 aliphatic carbocycles. The number of rotatable bonds is 3. The molecule has 1 aliphatic rings. The number of halogens is 1. The predicted molar refractivity (Wildman–Crippen MR) is 92.0 cm³/mol. The van der Waals surface area contributed by atoms with Gasteiger partial charge in [0.2, 0.25) is 0 Å². The second-order valence-corrected chi connectivity index (χ2v) is 6.37. The first-order valence-electron chi connectivity index (χ1n) is 8.03. The van der Waals surface area contributed by atoms with Gasteiger partial charge >= 0.3 is 6.03 Å². The van der Waals surface area contributed by atoms with Crippen molar-refractivity contribution >= 4 is 28.5 Å². The van der Waals surface area contributed by atoms with Crippen molar-refractivity contribution < 1.29 is 9.53 Å². The van der Waals surface area contributed by atoms with Crippen LogP contribution in [-0.2, 0) is 11.2 Å². The van der Waals surface area contributed by atoms with Gasteiger partial charge in [0.15, 0.2) is 0 Å². The van der Waals surface area contributed by atoms with Crippen LogP contribution in [0.3, 0.4) is 0 Å². The van der Waals surface area contributed by atoms with Crippen molar-refractivity contribution in [1.29, 1.82) is 0 Å². The number of urea groups is 1. The van der Waals surface area contributed by atoms with Crippen LogP contribution >= 0.6 is 11.6 Å². The molecule has 5 nitrogen and oxygen atoms in total. The van der Waals surface area contributed by atoms with Gasteiger partial charge in [-0.2, -0.15) is 0 Å². The lowest BCUT2D eigenvalue weighted by Gasteiger charge is -2.26. The molecule has 1 saturated heterocycles. The molecule has 0 bridgehead atoms. The average molecular weight is 336 g/mol. The molecule has 0 saturated carbocycles. The molecule has 1 fully saturated rings. The minimum atomic E-state index is -0.00844. The van der Waals surface area contributed by atoms with E-state index in [1.165, 1.54) is 5.56 Å². The summed E-state index contributed by atoms with van der Waals surface area (Å²) in [6.07, 6.45) is 3.65. The summed E-state index contributed by atoms with van der Waals surface area (Å²) in [6, 6.07) is 6.02. The number of carbonyl (C=O) groups excluding carboxylic acids is 1. The van der Waals surface area contributed by atoms with Gasteiger partial charge in [-0.05, 0) is 37.5 Å². The number of hydrogen-bond acceptors (Lipinski definition) is 2. The Morgan fingerprint density at radius 1 is 1.48 bits per heavy atom. The van der Waals surface area contributed by atoms with E-state index >= 15 is 0 Å². The van der Waals surface area contributed by atoms with Crippen LogP contribution in [0.25, 0.3) is 10.9 Å². The Kier molecular flexibility index (Phi) is 5.08. The average Bonchev–Trinajstić information content (AvgIpc) is 2.79. The Morgan fingerprint density at radius 2 is 2.35 bits per heavy atom. The van der Waals surface area contributed by atoms with E-state index in [1.807, 2.05) is 29.3 Å². The number of hydrogen-bond donors (Lipinski definition) is 2. The van der Waals surface area contributed by atoms with Gasteiger partial charge in [0.05, 0.1) is 6.61 Å². The van der Waals surface area contributed by atoms with E-state index in [-0.39, 0.29) is 12.1 Å². The first-order chi connectivity index (χ1) is 11.1. The number of aromatic amines is 1. The molecule has 2 amide bonds. The zero-order valence-corrected chi connectivity index (χ0v) is 14.0. The third-order valence-electron chi connectivity index (χ3n) is 4.35. The van der Waals surface area contributed by atoms with E-state index in [0.29, 0.717) is 19.7 Å². The Bertz CT molecular complexity index is 686. The summed E-state index contributed by atoms with van der Waals surface area (Å²) in [6.45, 7) is 4.67. The lowest BCUT2D eigenvalue weighted by atomic mass is 10.1. The predicted octanol–water partition coefficient (Wildman–Crippen LogP) is 3.18. The molecule has 1 aromatic carbocycles. The highest BCUT2D eigenvalue weighted by Crippen LogP contribution is 2.22. The SMILES string of the molecule is C[C@@H]1CCOCCN1C(=O)NCCc1c[nH]c2cc(Cl)ccc12. The summed E-state index contributed by atoms with van der Waals surface area (Å²) in [7, 11) is 0. The van der Waals surface area contributed by atoms with E-state index < -0.39 is 0 Å². The van der Waals surface area contributed by atoms with Crippen molar-refractivity contribution in [3.05, 3.63) is 35.0 Å². The van der Waals surface area contributed by atoms with E-state index in [1.54, 1.807) is 0 Å². The normalized spacial score (nSPS) is 18.9. The zero-order valence-electron chi connectivity index (χ0n) is 13.3. The Hall–Kier alpha value is -1.72. The number of nitrogens with zero attached hydrogens (tertiary/aromatic N) is 1. The van der Waals surface area contributed by atoms with Crippen molar-refractivity contribution in [2.24, 2.45) is 0 Å². The Balaban J connectivity index is 1.56. The van der Waals surface area contributed by atoms with E-state index in [2.05, 4.69) is 17.2 Å². The second-order valence-electron chi connectivity index (χ2n) is 5.93. The molecule has 2 heterocycles. The second kappa shape index (κ2) is 7.23. The minimum absolute atomic E-state index is 0.00844. The van der Waals surface area contributed by atoms with Gasteiger partial charge < -0.3 is 19.9 Å². The van der Waals surface area contributed by atoms with Crippen molar-refractivity contribution in [1.82, 2.24) is 15.2 Å². The maximum Gasteiger partial charge on any atom is 0.317 e. The maximum absolute atomic E-state index is 12.3. The van der Waals surface area contributed by atoms with Crippen LogP contribution in [0.4, 0.5) is 4.79 Å². The van der Waals surface area contributed by atoms with Crippen molar-refractivity contribution in [2.75, 3.05) is 26.3 Å². The van der Waals surface area contributed by atoms with Gasteiger partial charge in [-0.25, -0.2) is 4.79 Å². The van der Waals surface area contributed by atoms with Gasteiger partial charge in [0.25, 0.3) is 0 Å². The number of H-pyrrole nitrogens is 1. The fraction of sp³-hybridized carbons (Fsp3) is 0.471. The third kappa shape index (κ3) is 3.79. The van der Waals surface area contributed by atoms with E-state index in [0.717, 1.165) is 35.4 Å². The molecule has 6 heteroatoms. The monoisotopic (exact) mass is 335 g/mol. The molecular formula is C17H22ClN3O2. The van der Waals surface area contributed by atoms with Gasteiger partial charge in [-0.1, -0.05) is 17.7 Å². The lowest BCUT2D eigenvalue weighted by Crippen LogP contribution is -2.46. The number of nitrogens with one attached hydrogen (secondary N) is 2. The highest BCUT2D eigenvalue weighted by molar-refractivity contribution is 6.31. The highest BCUT2D eigenvalue weighted by atomic mass is 35.5. The molecule has 1 aromatic heterocycles. The van der Waals surface area contributed by atoms with Gasteiger partial charge in [0, 0.05) is 47.9 Å². The molecule has 2 aromatic rings. The van der Waals surface area contributed by atoms with Crippen LogP contribution in [0.1, 0.15) is 18.9 Å². The van der Waals surface area contributed by atoms with Crippen molar-refractivity contribution in [3.8, 4) is 0 Å². The number of carbonyl (C=O) groups is 1. The van der Waals surface area contributed by atoms with Crippen LogP contribution in [0.5, 0.6) is 0 Å². The molecule has 124 valence electrons. The van der Waals surface area contributed by atoms with Crippen LogP contribution in [0.2, 0.25) is 5.02 Å². The summed E-state index contributed by atoms with van der Waals surface area (Å²) in [5, 5.41) is 4.89. The molecule has 23 heavy (non-hydrogen) atoms. The van der Waals surface area contributed by atoms with Gasteiger partial charge in [-0.15, -0.1) is 0 Å². The molecule has 3 rings (SSSR count). The van der Waals surface area contributed by atoms with Crippen molar-refractivity contribution in [2.45, 2.75) is 25.8 Å². The summed E-state index contributed by atoms with van der Waals surface area (Å²) in [5.41, 5.74) is 2.21. The van der Waals surface area contributed by atoms with Gasteiger partial charge in [0.1, 0.15) is 0 Å². The summed E-state index contributed by atoms with van der Waals surface area (Å²) in [5.74, 6) is 0. The summed E-state index contributed by atoms with van der Waals surface area (Å²) < 4.78 is 5.43. The largest absolute Gasteiger partial charge is 0.380 e. The third-order valence-corrected chi connectivity index (χ3v) is 4.58. The van der Waals surface area contributed by atoms with Crippen LogP contribution in [0, 0.1) is 0 Å². The molecule has 0 unspecified atom stereocenters. The molecule has 0 radical (unpaired) electrons. The van der Waals surface area contributed by atoms with Crippen LogP contribution in [-0.4, -0.2) is 48.3 Å². The molecule has 1 atom stereocenters. The van der Waals surface area contributed by atoms with Crippen LogP contribution < -0.4 is 5.32 Å². The number of aromatic nitrogens is 1. The number of fused-ring (bicyclic) bond motifs is 1. The Morgan fingerprint density at radius 3 is 3.22 bits per heavy atom. The summed E-state index contributed by atoms with van der Waals surface area (Å²) >= 11 is 5.99. The number of benzene rings is 1. The summed E-state index contributed by atoms with van der Waals surface area (Å²) in [4.78, 5) is 17.4. The Labute approximate surface area is 140 Å². The molecule has 0 spiro atoms. The lowest BCUT2D eigenvalue weighted by molar-refractivity contribution is 0.142. The first-order valence-corrected chi connectivity index (χ1v) is 8.40. The fourth-order valence-corrected chi connectivity index (χ4v) is 3.14. The molecule has 2 N–H and O–H groups in total.